The van der Waals surface area contributed by atoms with Gasteiger partial charge in [-0.25, -0.2) is 26.4 Å². The van der Waals surface area contributed by atoms with Gasteiger partial charge in [0.05, 0.1) is 29.9 Å². The number of hydrogen-bond donors (Lipinski definition) is 4. The van der Waals surface area contributed by atoms with E-state index in [4.69, 9.17) is 14.2 Å². The van der Waals surface area contributed by atoms with Gasteiger partial charge in [0.25, 0.3) is 11.8 Å². The summed E-state index contributed by atoms with van der Waals surface area (Å²) in [6, 6.07) is 19.2. The second-order valence-electron chi connectivity index (χ2n) is 11.6. The van der Waals surface area contributed by atoms with Crippen molar-refractivity contribution in [3.63, 3.8) is 0 Å². The third kappa shape index (κ3) is 13.9. The van der Waals surface area contributed by atoms with Gasteiger partial charge in [0.1, 0.15) is 37.8 Å². The summed E-state index contributed by atoms with van der Waals surface area (Å²) in [6.07, 6.45) is 1.05. The molecule has 0 fully saturated rings. The summed E-state index contributed by atoms with van der Waals surface area (Å²) in [4.78, 5) is 50.2. The molecule has 15 nitrogen and oxygen atoms in total. The summed E-state index contributed by atoms with van der Waals surface area (Å²) < 4.78 is 69.8. The number of hydrogen-bond acceptors (Lipinski definition) is 11. The van der Waals surface area contributed by atoms with E-state index in [1.165, 1.54) is 31.2 Å². The largest absolute Gasteiger partial charge is 0.487 e. The van der Waals surface area contributed by atoms with Crippen LogP contribution >= 0.6 is 63.7 Å². The molecule has 0 radical (unpaired) electrons. The SMILES string of the molecule is CCS(=O)(=O)Nc1cccc(COc2c(Br)cc(C(=O)NCC(=O)OC(=O)CNC(=O)c3cc(Br)c(OCc4cccc(NS(C)(=O)=O)c4)c(Br)c3)cc2Br)c1. The summed E-state index contributed by atoms with van der Waals surface area (Å²) in [7, 11) is -6.91. The van der Waals surface area contributed by atoms with Crippen LogP contribution in [0.5, 0.6) is 11.5 Å². The Morgan fingerprint density at radius 3 is 1.38 bits per heavy atom. The predicted octanol–water partition coefficient (Wildman–Crippen LogP) is 6.26. The fourth-order valence-electron chi connectivity index (χ4n) is 4.59. The van der Waals surface area contributed by atoms with Gasteiger partial charge >= 0.3 is 11.9 Å². The molecule has 0 aliphatic carbocycles. The molecule has 4 N–H and O–H groups in total. The highest BCUT2D eigenvalue weighted by Crippen LogP contribution is 2.37. The van der Waals surface area contributed by atoms with Crippen LogP contribution < -0.4 is 29.6 Å². The zero-order valence-corrected chi connectivity index (χ0v) is 37.3. The fourth-order valence-corrected chi connectivity index (χ4v) is 8.61. The first-order valence-electron chi connectivity index (χ1n) is 16.0. The van der Waals surface area contributed by atoms with Crippen molar-refractivity contribution < 1.29 is 50.2 Å². The van der Waals surface area contributed by atoms with Crippen molar-refractivity contribution in [1.29, 1.82) is 0 Å². The number of carbonyl (C=O) groups excluding carboxylic acids is 4. The van der Waals surface area contributed by atoms with Crippen LogP contribution in [0.25, 0.3) is 0 Å². The van der Waals surface area contributed by atoms with Gasteiger partial charge in [-0.1, -0.05) is 24.3 Å². The molecule has 0 aliphatic rings. The average Bonchev–Trinajstić information content (AvgIpc) is 3.11. The molecule has 0 heterocycles. The Morgan fingerprint density at radius 2 is 1.00 bits per heavy atom. The Labute approximate surface area is 356 Å². The Bertz CT molecular complexity index is 2330. The molecule has 0 unspecified atom stereocenters. The number of rotatable bonds is 17. The smallest absolute Gasteiger partial charge is 0.333 e. The minimum Gasteiger partial charge on any atom is -0.487 e. The van der Waals surface area contributed by atoms with Gasteiger partial charge in [0.15, 0.2) is 0 Å². The lowest BCUT2D eigenvalue weighted by Crippen LogP contribution is -2.35. The fraction of sp³-hybridized carbons (Fsp3) is 0.200. The third-order valence-corrected chi connectivity index (χ3v) is 11.4. The van der Waals surface area contributed by atoms with E-state index in [1.54, 1.807) is 48.5 Å². The van der Waals surface area contributed by atoms with Crippen LogP contribution in [0.3, 0.4) is 0 Å². The van der Waals surface area contributed by atoms with Gasteiger partial charge in [-0.3, -0.25) is 19.0 Å². The van der Waals surface area contributed by atoms with Gasteiger partial charge in [0, 0.05) is 22.5 Å². The number of carbonyl (C=O) groups is 4. The molecule has 56 heavy (non-hydrogen) atoms. The number of nitrogens with one attached hydrogen (secondary N) is 4. The zero-order valence-electron chi connectivity index (χ0n) is 29.3. The van der Waals surface area contributed by atoms with Crippen molar-refractivity contribution in [2.75, 3.05) is 34.5 Å². The number of sulfonamides is 2. The topological polar surface area (TPSA) is 212 Å². The van der Waals surface area contributed by atoms with Crippen molar-refractivity contribution in [1.82, 2.24) is 10.6 Å². The molecule has 0 aromatic heterocycles. The highest BCUT2D eigenvalue weighted by molar-refractivity contribution is 9.11. The quantitative estimate of drug-likeness (QED) is 0.0685. The molecule has 298 valence electrons. The highest BCUT2D eigenvalue weighted by atomic mass is 79.9. The van der Waals surface area contributed by atoms with Crippen LogP contribution in [-0.2, 0) is 47.6 Å². The molecule has 21 heteroatoms. The van der Waals surface area contributed by atoms with Gasteiger partial charge < -0.3 is 24.8 Å². The minimum absolute atomic E-state index is 0.0728. The van der Waals surface area contributed by atoms with Crippen molar-refractivity contribution in [3.05, 3.63) is 113 Å². The summed E-state index contributed by atoms with van der Waals surface area (Å²) in [5.41, 5.74) is 2.40. The van der Waals surface area contributed by atoms with Gasteiger partial charge in [0.2, 0.25) is 20.0 Å². The van der Waals surface area contributed by atoms with Gasteiger partial charge in [-0.05, 0) is 130 Å². The van der Waals surface area contributed by atoms with Crippen LogP contribution in [0.4, 0.5) is 11.4 Å². The lowest BCUT2D eigenvalue weighted by molar-refractivity contribution is -0.158. The molecule has 0 atom stereocenters. The Kier molecular flexibility index (Phi) is 15.9. The van der Waals surface area contributed by atoms with Crippen LogP contribution in [0.15, 0.2) is 90.7 Å². The molecular weight excluding hydrogens is 1040 g/mol. The molecule has 0 bridgehead atoms. The maximum absolute atomic E-state index is 12.8. The Hall–Kier alpha value is -4.02. The van der Waals surface area contributed by atoms with E-state index in [-0.39, 0.29) is 30.1 Å². The van der Waals surface area contributed by atoms with Crippen LogP contribution in [0, 0.1) is 0 Å². The molecule has 4 aromatic carbocycles. The Balaban J connectivity index is 1.23. The van der Waals surface area contributed by atoms with E-state index >= 15 is 0 Å². The molecular formula is C35H32Br4N4O11S2. The third-order valence-electron chi connectivity index (χ3n) is 7.11. The van der Waals surface area contributed by atoms with Gasteiger partial charge in [-0.15, -0.1) is 0 Å². The van der Waals surface area contributed by atoms with Crippen LogP contribution in [0.1, 0.15) is 38.8 Å². The number of amides is 2. The highest BCUT2D eigenvalue weighted by Gasteiger charge is 2.19. The minimum atomic E-state index is -3.46. The summed E-state index contributed by atoms with van der Waals surface area (Å²) in [6.45, 7) is 0.385. The number of ether oxygens (including phenoxy) is 3. The van der Waals surface area contributed by atoms with E-state index in [0.717, 1.165) is 6.26 Å². The molecule has 4 rings (SSSR count). The first-order chi connectivity index (χ1) is 26.3. The number of benzene rings is 4. The van der Waals surface area contributed by atoms with E-state index in [2.05, 4.69) is 83.8 Å². The maximum atomic E-state index is 12.8. The van der Waals surface area contributed by atoms with Crippen molar-refractivity contribution >= 4 is 119 Å². The monoisotopic (exact) mass is 1060 g/mol. The first-order valence-corrected chi connectivity index (χ1v) is 22.7. The van der Waals surface area contributed by atoms with Crippen molar-refractivity contribution in [2.24, 2.45) is 0 Å². The lowest BCUT2D eigenvalue weighted by Gasteiger charge is -2.14. The second kappa shape index (κ2) is 19.9. The second-order valence-corrected chi connectivity index (χ2v) is 18.8. The summed E-state index contributed by atoms with van der Waals surface area (Å²) in [5, 5.41) is 4.73. The van der Waals surface area contributed by atoms with E-state index in [1.807, 2.05) is 0 Å². The van der Waals surface area contributed by atoms with Crippen molar-refractivity contribution in [2.45, 2.75) is 20.1 Å². The first kappa shape index (κ1) is 44.7. The number of anilines is 2. The maximum Gasteiger partial charge on any atom is 0.333 e. The normalized spacial score (nSPS) is 11.2. The molecule has 0 saturated carbocycles. The lowest BCUT2D eigenvalue weighted by atomic mass is 10.2. The van der Waals surface area contributed by atoms with E-state index in [9.17, 15) is 36.0 Å². The molecule has 4 aromatic rings. The summed E-state index contributed by atoms with van der Waals surface area (Å²) in [5.74, 6) is -2.80. The van der Waals surface area contributed by atoms with Crippen molar-refractivity contribution in [3.8, 4) is 11.5 Å². The van der Waals surface area contributed by atoms with Crippen LogP contribution in [0.2, 0.25) is 0 Å². The zero-order chi connectivity index (χ0) is 41.2. The Morgan fingerprint density at radius 1 is 0.607 bits per heavy atom. The predicted molar refractivity (Wildman–Crippen MR) is 223 cm³/mol. The molecule has 0 saturated heterocycles. The van der Waals surface area contributed by atoms with E-state index in [0.29, 0.717) is 51.9 Å². The number of esters is 2. The average molecular weight is 1070 g/mol. The molecule has 0 aliphatic heterocycles. The molecule has 2 amide bonds. The van der Waals surface area contributed by atoms with E-state index < -0.39 is 56.9 Å². The standard InChI is InChI=1S/C35H32Br4N4O11S2/c1-3-56(50,51)43-25-9-5-7-21(11-25)19-53-33-28(38)14-23(15-29(33)39)35(47)41-17-31(45)54-30(44)16-40-34(46)22-12-26(36)32(27(37)13-22)52-18-20-6-4-8-24(10-20)42-55(2,48)49/h4-15,42-43H,3,16-19H2,1-2H3,(H,40,46)(H,41,47). The summed E-state index contributed by atoms with van der Waals surface area (Å²) >= 11 is 13.5. The van der Waals surface area contributed by atoms with Crippen LogP contribution in [-0.4, -0.2) is 65.7 Å². The number of halogens is 4. The molecule has 0 spiro atoms. The van der Waals surface area contributed by atoms with Gasteiger partial charge in [-0.2, -0.15) is 0 Å².